The molecule has 0 radical (unpaired) electrons. The first-order valence-corrected chi connectivity index (χ1v) is 8.45. The van der Waals surface area contributed by atoms with Crippen molar-refractivity contribution in [2.75, 3.05) is 13.2 Å². The van der Waals surface area contributed by atoms with Gasteiger partial charge in [0.1, 0.15) is 5.75 Å². The maximum Gasteiger partial charge on any atom is 0.255 e. The molecule has 4 nitrogen and oxygen atoms in total. The summed E-state index contributed by atoms with van der Waals surface area (Å²) in [5.74, 6) is 0.418. The number of aliphatic hydroxyl groups is 1. The van der Waals surface area contributed by atoms with E-state index in [0.29, 0.717) is 30.9 Å². The molecule has 0 saturated carbocycles. The molecule has 24 heavy (non-hydrogen) atoms. The molecule has 1 unspecified atom stereocenters. The standard InChI is InChI=1S/C20H27NO3/c1-5-24-16-11-10-14-8-6-7-9-15(14)18(16)19(23)21-13-12-17(22)20(2,3)4/h6-11,17,22H,5,12-13H2,1-4H3,(H,21,23). The van der Waals surface area contributed by atoms with E-state index in [9.17, 15) is 9.90 Å². The summed E-state index contributed by atoms with van der Waals surface area (Å²) in [5, 5.41) is 14.9. The van der Waals surface area contributed by atoms with Gasteiger partial charge in [-0.2, -0.15) is 0 Å². The zero-order valence-corrected chi connectivity index (χ0v) is 14.9. The molecule has 0 aromatic heterocycles. The number of aliphatic hydroxyl groups excluding tert-OH is 1. The van der Waals surface area contributed by atoms with E-state index in [1.54, 1.807) is 0 Å². The van der Waals surface area contributed by atoms with Crippen LogP contribution in [0.3, 0.4) is 0 Å². The highest BCUT2D eigenvalue weighted by atomic mass is 16.5. The number of benzene rings is 2. The summed E-state index contributed by atoms with van der Waals surface area (Å²) >= 11 is 0. The summed E-state index contributed by atoms with van der Waals surface area (Å²) in [6, 6.07) is 11.6. The van der Waals surface area contributed by atoms with E-state index in [1.165, 1.54) is 0 Å². The normalized spacial score (nSPS) is 12.9. The minimum Gasteiger partial charge on any atom is -0.493 e. The molecule has 0 saturated heterocycles. The molecule has 0 spiro atoms. The predicted molar refractivity (Wildman–Crippen MR) is 97.5 cm³/mol. The van der Waals surface area contributed by atoms with Crippen LogP contribution in [0.2, 0.25) is 0 Å². The third-order valence-electron chi connectivity index (χ3n) is 4.12. The zero-order chi connectivity index (χ0) is 17.7. The molecule has 0 heterocycles. The lowest BCUT2D eigenvalue weighted by atomic mass is 9.87. The summed E-state index contributed by atoms with van der Waals surface area (Å²) in [6.07, 6.45) is 0.0564. The number of carbonyl (C=O) groups excluding carboxylic acids is 1. The Morgan fingerprint density at radius 2 is 1.92 bits per heavy atom. The third kappa shape index (κ3) is 4.26. The van der Waals surface area contributed by atoms with Crippen molar-refractivity contribution in [1.82, 2.24) is 5.32 Å². The fraction of sp³-hybridized carbons (Fsp3) is 0.450. The highest BCUT2D eigenvalue weighted by Gasteiger charge is 2.22. The molecule has 0 fully saturated rings. The van der Waals surface area contributed by atoms with Gasteiger partial charge in [-0.3, -0.25) is 4.79 Å². The van der Waals surface area contributed by atoms with Crippen molar-refractivity contribution >= 4 is 16.7 Å². The van der Waals surface area contributed by atoms with Gasteiger partial charge in [-0.25, -0.2) is 0 Å². The van der Waals surface area contributed by atoms with Gasteiger partial charge < -0.3 is 15.2 Å². The summed E-state index contributed by atoms with van der Waals surface area (Å²) in [4.78, 5) is 12.7. The Morgan fingerprint density at radius 1 is 1.21 bits per heavy atom. The second-order valence-electron chi connectivity index (χ2n) is 7.02. The number of carbonyl (C=O) groups is 1. The Kier molecular flexibility index (Phi) is 5.84. The van der Waals surface area contributed by atoms with Gasteiger partial charge >= 0.3 is 0 Å². The van der Waals surface area contributed by atoms with Crippen molar-refractivity contribution < 1.29 is 14.6 Å². The van der Waals surface area contributed by atoms with E-state index in [1.807, 2.05) is 64.1 Å². The molecule has 4 heteroatoms. The second-order valence-corrected chi connectivity index (χ2v) is 7.02. The molecule has 2 N–H and O–H groups in total. The average Bonchev–Trinajstić information content (AvgIpc) is 2.53. The van der Waals surface area contributed by atoms with Gasteiger partial charge in [-0.1, -0.05) is 51.1 Å². The Morgan fingerprint density at radius 3 is 2.58 bits per heavy atom. The highest BCUT2D eigenvalue weighted by molar-refractivity contribution is 6.09. The van der Waals surface area contributed by atoms with E-state index in [4.69, 9.17) is 4.74 Å². The van der Waals surface area contributed by atoms with Crippen LogP contribution in [0.1, 0.15) is 44.5 Å². The number of ether oxygens (including phenoxy) is 1. The van der Waals surface area contributed by atoms with Crippen LogP contribution in [0.4, 0.5) is 0 Å². The van der Waals surface area contributed by atoms with Gasteiger partial charge in [0, 0.05) is 6.54 Å². The lowest BCUT2D eigenvalue weighted by molar-refractivity contribution is 0.0551. The number of rotatable bonds is 6. The molecule has 0 bridgehead atoms. The van der Waals surface area contributed by atoms with Crippen molar-refractivity contribution in [2.45, 2.75) is 40.2 Å². The van der Waals surface area contributed by atoms with Gasteiger partial charge in [0.05, 0.1) is 18.3 Å². The molecule has 1 atom stereocenters. The first-order valence-electron chi connectivity index (χ1n) is 8.45. The molecular formula is C20H27NO3. The highest BCUT2D eigenvalue weighted by Crippen LogP contribution is 2.28. The SMILES string of the molecule is CCOc1ccc2ccccc2c1C(=O)NCCC(O)C(C)(C)C. The van der Waals surface area contributed by atoms with Gasteiger partial charge in [-0.15, -0.1) is 0 Å². The van der Waals surface area contributed by atoms with E-state index >= 15 is 0 Å². The van der Waals surface area contributed by atoms with Crippen LogP contribution in [0.15, 0.2) is 36.4 Å². The van der Waals surface area contributed by atoms with E-state index in [0.717, 1.165) is 10.8 Å². The van der Waals surface area contributed by atoms with Gasteiger partial charge in [-0.05, 0) is 35.6 Å². The molecule has 130 valence electrons. The van der Waals surface area contributed by atoms with E-state index in [2.05, 4.69) is 5.32 Å². The summed E-state index contributed by atoms with van der Waals surface area (Å²) < 4.78 is 5.64. The monoisotopic (exact) mass is 329 g/mol. The van der Waals surface area contributed by atoms with Crippen LogP contribution in [-0.2, 0) is 0 Å². The minimum atomic E-state index is -0.461. The van der Waals surface area contributed by atoms with Crippen molar-refractivity contribution in [2.24, 2.45) is 5.41 Å². The maximum atomic E-state index is 12.7. The third-order valence-corrected chi connectivity index (χ3v) is 4.12. The molecule has 2 aromatic carbocycles. The molecule has 0 aliphatic heterocycles. The molecule has 0 aliphatic carbocycles. The number of amides is 1. The van der Waals surface area contributed by atoms with Crippen LogP contribution in [-0.4, -0.2) is 30.3 Å². The maximum absolute atomic E-state index is 12.7. The Hall–Kier alpha value is -2.07. The van der Waals surface area contributed by atoms with Gasteiger partial charge in [0.2, 0.25) is 0 Å². The van der Waals surface area contributed by atoms with Gasteiger partial charge in [0.25, 0.3) is 5.91 Å². The quantitative estimate of drug-likeness (QED) is 0.848. The smallest absolute Gasteiger partial charge is 0.255 e. The molecule has 2 rings (SSSR count). The molecule has 1 amide bonds. The van der Waals surface area contributed by atoms with Crippen LogP contribution in [0.25, 0.3) is 10.8 Å². The second kappa shape index (κ2) is 7.67. The van der Waals surface area contributed by atoms with Crippen LogP contribution >= 0.6 is 0 Å². The Bertz CT molecular complexity index is 704. The number of hydrogen-bond donors (Lipinski definition) is 2. The average molecular weight is 329 g/mol. The first kappa shape index (κ1) is 18.3. The largest absolute Gasteiger partial charge is 0.493 e. The fourth-order valence-corrected chi connectivity index (χ4v) is 2.61. The summed E-state index contributed by atoms with van der Waals surface area (Å²) in [7, 11) is 0. The van der Waals surface area contributed by atoms with Crippen LogP contribution in [0.5, 0.6) is 5.75 Å². The number of nitrogens with one attached hydrogen (secondary N) is 1. The molecular weight excluding hydrogens is 302 g/mol. The van der Waals surface area contributed by atoms with Gasteiger partial charge in [0.15, 0.2) is 0 Å². The zero-order valence-electron chi connectivity index (χ0n) is 14.9. The van der Waals surface area contributed by atoms with Crippen molar-refractivity contribution in [3.63, 3.8) is 0 Å². The summed E-state index contributed by atoms with van der Waals surface area (Å²) in [5.41, 5.74) is 0.362. The number of fused-ring (bicyclic) bond motifs is 1. The van der Waals surface area contributed by atoms with Crippen LogP contribution < -0.4 is 10.1 Å². The minimum absolute atomic E-state index is 0.170. The van der Waals surface area contributed by atoms with E-state index in [-0.39, 0.29) is 11.3 Å². The summed E-state index contributed by atoms with van der Waals surface area (Å²) in [6.45, 7) is 8.77. The van der Waals surface area contributed by atoms with E-state index < -0.39 is 6.10 Å². The number of hydrogen-bond acceptors (Lipinski definition) is 3. The van der Waals surface area contributed by atoms with Crippen molar-refractivity contribution in [3.8, 4) is 5.75 Å². The topological polar surface area (TPSA) is 58.6 Å². The van der Waals surface area contributed by atoms with Crippen molar-refractivity contribution in [3.05, 3.63) is 42.0 Å². The lowest BCUT2D eigenvalue weighted by Gasteiger charge is -2.25. The molecule has 0 aliphatic rings. The van der Waals surface area contributed by atoms with Crippen molar-refractivity contribution in [1.29, 1.82) is 0 Å². The Labute approximate surface area is 143 Å². The lowest BCUT2D eigenvalue weighted by Crippen LogP contribution is -2.32. The van der Waals surface area contributed by atoms with Crippen LogP contribution in [0, 0.1) is 5.41 Å². The fourth-order valence-electron chi connectivity index (χ4n) is 2.61. The Balaban J connectivity index is 2.20. The predicted octanol–water partition coefficient (Wildman–Crippen LogP) is 3.77. The first-order chi connectivity index (χ1) is 11.3. The molecule has 2 aromatic rings.